The summed E-state index contributed by atoms with van der Waals surface area (Å²) in [7, 11) is -3.96. The van der Waals surface area contributed by atoms with E-state index in [0.717, 1.165) is 14.8 Å². The van der Waals surface area contributed by atoms with Crippen molar-refractivity contribution in [1.82, 2.24) is 4.98 Å². The minimum absolute atomic E-state index is 0.00886. The number of aromatic nitrogens is 1. The van der Waals surface area contributed by atoms with Gasteiger partial charge in [0.15, 0.2) is 0 Å². The number of carboxylic acids is 1. The zero-order chi connectivity index (χ0) is 18.2. The van der Waals surface area contributed by atoms with Crippen LogP contribution < -0.4 is 0 Å². The van der Waals surface area contributed by atoms with Crippen molar-refractivity contribution in [2.24, 2.45) is 0 Å². The van der Waals surface area contributed by atoms with Crippen LogP contribution in [0.5, 0.6) is 0 Å². The maximum atomic E-state index is 12.8. The number of carboxylic acid groups (broad SMARTS) is 1. The molecule has 0 bridgehead atoms. The normalized spacial score (nSPS) is 11.4. The molecule has 1 heterocycles. The van der Waals surface area contributed by atoms with Gasteiger partial charge in [-0.1, -0.05) is 24.3 Å². The van der Waals surface area contributed by atoms with Gasteiger partial charge in [0.25, 0.3) is 0 Å². The molecule has 0 saturated carbocycles. The van der Waals surface area contributed by atoms with E-state index in [1.54, 1.807) is 13.1 Å². The maximum absolute atomic E-state index is 12.8. The summed E-state index contributed by atoms with van der Waals surface area (Å²) in [4.78, 5) is 15.1. The average molecular weight is 355 g/mol. The van der Waals surface area contributed by atoms with Gasteiger partial charge in [-0.2, -0.15) is 8.42 Å². The highest BCUT2D eigenvalue weighted by molar-refractivity contribution is 7.85. The van der Waals surface area contributed by atoms with Gasteiger partial charge in [-0.3, -0.25) is 0 Å². The van der Waals surface area contributed by atoms with Crippen LogP contribution in [-0.4, -0.2) is 35.2 Å². The van der Waals surface area contributed by atoms with Crippen LogP contribution in [0.15, 0.2) is 59.6 Å². The Labute approximate surface area is 144 Å². The lowest BCUT2D eigenvalue weighted by Gasteiger charge is -2.07. The van der Waals surface area contributed by atoms with Crippen LogP contribution in [-0.2, 0) is 10.0 Å². The molecule has 2 aromatic carbocycles. The molecule has 0 aliphatic heterocycles. The quantitative estimate of drug-likeness (QED) is 0.574. The molecule has 126 valence electrons. The summed E-state index contributed by atoms with van der Waals surface area (Å²) in [6.45, 7) is 5.43. The van der Waals surface area contributed by atoms with E-state index in [4.69, 9.17) is 5.11 Å². The second-order valence-electron chi connectivity index (χ2n) is 5.48. The Hall–Kier alpha value is -3.06. The second-order valence-corrected chi connectivity index (χ2v) is 7.34. The van der Waals surface area contributed by atoms with E-state index in [0.29, 0.717) is 5.56 Å². The molecule has 6 nitrogen and oxygen atoms in total. The van der Waals surface area contributed by atoms with Gasteiger partial charge in [-0.25, -0.2) is 4.79 Å². The van der Waals surface area contributed by atoms with Crippen LogP contribution in [0.25, 0.3) is 10.8 Å². The van der Waals surface area contributed by atoms with Crippen molar-refractivity contribution < 1.29 is 22.3 Å². The number of fused-ring (bicyclic) bond motifs is 1. The molecular formula is C18H15N2O4S+. The first-order valence-corrected chi connectivity index (χ1v) is 8.80. The fourth-order valence-corrected chi connectivity index (χ4v) is 3.71. The topological polar surface area (TPSA) is 87.3 Å². The lowest BCUT2D eigenvalue weighted by atomic mass is 10.1. The molecule has 3 rings (SSSR count). The Morgan fingerprint density at radius 1 is 1.12 bits per heavy atom. The van der Waals surface area contributed by atoms with Gasteiger partial charge in [-0.15, -0.1) is 3.98 Å². The molecule has 0 aliphatic rings. The summed E-state index contributed by atoms with van der Waals surface area (Å²) in [5.74, 6) is -0.900. The highest BCUT2D eigenvalue weighted by Gasteiger charge is 2.28. The van der Waals surface area contributed by atoms with Crippen molar-refractivity contribution in [2.75, 3.05) is 0 Å². The standard InChI is InChI=1S/C18H14N2O4S/c1-12-16-6-4-3-5-14(16)11-19-17(12)20(2)25(23,24)15-9-7-13(8-10-15)18(21)22/h3-11H,2H2,1H3/p+1. The Balaban J connectivity index is 2.07. The maximum Gasteiger partial charge on any atom is 0.341 e. The largest absolute Gasteiger partial charge is 0.478 e. The number of sulfonamides is 1. The lowest BCUT2D eigenvalue weighted by Crippen LogP contribution is -2.17. The number of rotatable bonds is 4. The number of benzene rings is 2. The average Bonchev–Trinajstić information content (AvgIpc) is 2.62. The highest BCUT2D eigenvalue weighted by atomic mass is 32.2. The summed E-state index contributed by atoms with van der Waals surface area (Å²) >= 11 is 0. The van der Waals surface area contributed by atoms with Crippen LogP contribution in [0, 0.1) is 6.92 Å². The van der Waals surface area contributed by atoms with Gasteiger partial charge in [0, 0.05) is 5.39 Å². The number of aryl methyl sites for hydroxylation is 1. The van der Waals surface area contributed by atoms with Gasteiger partial charge < -0.3 is 5.11 Å². The third-order valence-corrected chi connectivity index (χ3v) is 5.57. The summed E-state index contributed by atoms with van der Waals surface area (Å²) in [5, 5.41) is 10.7. The van der Waals surface area contributed by atoms with Crippen molar-refractivity contribution >= 4 is 39.3 Å². The predicted molar refractivity (Wildman–Crippen MR) is 94.1 cm³/mol. The van der Waals surface area contributed by atoms with Gasteiger partial charge >= 0.3 is 21.8 Å². The number of aromatic carboxylic acids is 1. The molecule has 0 saturated heterocycles. The minimum atomic E-state index is -3.96. The van der Waals surface area contributed by atoms with E-state index in [1.165, 1.54) is 24.3 Å². The number of carbonyl (C=O) groups is 1. The zero-order valence-electron chi connectivity index (χ0n) is 13.4. The molecule has 0 atom stereocenters. The molecule has 0 spiro atoms. The fourth-order valence-electron chi connectivity index (χ4n) is 2.56. The second kappa shape index (κ2) is 6.10. The van der Waals surface area contributed by atoms with E-state index in [9.17, 15) is 13.2 Å². The minimum Gasteiger partial charge on any atom is -0.478 e. The molecule has 0 radical (unpaired) electrons. The smallest absolute Gasteiger partial charge is 0.341 e. The van der Waals surface area contributed by atoms with Gasteiger partial charge in [0.1, 0.15) is 11.1 Å². The Morgan fingerprint density at radius 2 is 1.76 bits per heavy atom. The first kappa shape index (κ1) is 16.8. The molecule has 0 aliphatic carbocycles. The van der Waals surface area contributed by atoms with Gasteiger partial charge in [0.2, 0.25) is 0 Å². The molecule has 1 N–H and O–H groups in total. The number of hydrogen-bond acceptors (Lipinski definition) is 4. The monoisotopic (exact) mass is 355 g/mol. The van der Waals surface area contributed by atoms with Crippen molar-refractivity contribution in [3.8, 4) is 0 Å². The molecule has 0 unspecified atom stereocenters. The SMILES string of the molecule is C=[N+](c1ncc2ccccc2c1C)S(=O)(=O)c1ccc(C(=O)O)cc1. The van der Waals surface area contributed by atoms with E-state index < -0.39 is 16.0 Å². The first-order chi connectivity index (χ1) is 11.8. The molecule has 0 fully saturated rings. The number of hydrogen-bond donors (Lipinski definition) is 1. The molecule has 0 amide bonds. The van der Waals surface area contributed by atoms with Crippen molar-refractivity contribution in [3.05, 3.63) is 65.9 Å². The number of nitrogens with zero attached hydrogens (tertiary/aromatic N) is 2. The predicted octanol–water partition coefficient (Wildman–Crippen LogP) is 2.97. The van der Waals surface area contributed by atoms with Crippen molar-refractivity contribution in [1.29, 1.82) is 0 Å². The van der Waals surface area contributed by atoms with E-state index in [-0.39, 0.29) is 16.3 Å². The van der Waals surface area contributed by atoms with Gasteiger partial charge in [-0.05, 0) is 41.6 Å². The number of pyridine rings is 1. The lowest BCUT2D eigenvalue weighted by molar-refractivity contribution is -0.255. The fraction of sp³-hybridized carbons (Fsp3) is 0.0556. The van der Waals surface area contributed by atoms with Crippen molar-refractivity contribution in [3.63, 3.8) is 0 Å². The summed E-state index contributed by atoms with van der Waals surface area (Å²) < 4.78 is 26.4. The Kier molecular flexibility index (Phi) is 4.10. The van der Waals surface area contributed by atoms with Crippen LogP contribution in [0.3, 0.4) is 0 Å². The van der Waals surface area contributed by atoms with Gasteiger partial charge in [0.05, 0.1) is 17.8 Å². The molecule has 7 heteroatoms. The van der Waals surface area contributed by atoms with Crippen LogP contribution in [0.2, 0.25) is 0 Å². The van der Waals surface area contributed by atoms with Crippen molar-refractivity contribution in [2.45, 2.75) is 11.8 Å². The molecule has 25 heavy (non-hydrogen) atoms. The van der Waals surface area contributed by atoms with Crippen LogP contribution in [0.1, 0.15) is 15.9 Å². The molecule has 3 aromatic rings. The van der Waals surface area contributed by atoms with E-state index >= 15 is 0 Å². The summed E-state index contributed by atoms with van der Waals surface area (Å²) in [6, 6.07) is 12.5. The summed E-state index contributed by atoms with van der Waals surface area (Å²) in [6.07, 6.45) is 1.60. The third kappa shape index (κ3) is 2.89. The molecular weight excluding hydrogens is 340 g/mol. The zero-order valence-corrected chi connectivity index (χ0v) is 14.2. The molecule has 1 aromatic heterocycles. The first-order valence-electron chi connectivity index (χ1n) is 7.36. The van der Waals surface area contributed by atoms with Crippen LogP contribution >= 0.6 is 0 Å². The van der Waals surface area contributed by atoms with E-state index in [2.05, 4.69) is 11.7 Å². The Bertz CT molecular complexity index is 1100. The highest BCUT2D eigenvalue weighted by Crippen LogP contribution is 2.27. The Morgan fingerprint density at radius 3 is 2.40 bits per heavy atom. The summed E-state index contributed by atoms with van der Waals surface area (Å²) in [5.41, 5.74) is 0.702. The van der Waals surface area contributed by atoms with E-state index in [1.807, 2.05) is 24.3 Å². The van der Waals surface area contributed by atoms with Crippen LogP contribution in [0.4, 0.5) is 5.82 Å². The third-order valence-electron chi connectivity index (χ3n) is 3.95.